The number of nitrogens with one attached hydrogen (secondary N) is 1. The van der Waals surface area contributed by atoms with E-state index in [4.69, 9.17) is 5.11 Å². The van der Waals surface area contributed by atoms with Gasteiger partial charge in [-0.05, 0) is 6.07 Å². The van der Waals surface area contributed by atoms with Gasteiger partial charge in [0.25, 0.3) is 0 Å². The van der Waals surface area contributed by atoms with Crippen LogP contribution < -0.4 is 5.32 Å². The first-order valence-electron chi connectivity index (χ1n) is 6.00. The standard InChI is InChI=1S/C12H10N2O6S/c15-9-5-1-2-6(12(17)18)14-7(5)10(16)8-11(9)21(19,20)4-3-13-8/h1-2,9,13,15H,3-4H2,(H,17,18). The van der Waals surface area contributed by atoms with E-state index in [2.05, 4.69) is 10.3 Å². The third kappa shape index (κ3) is 1.93. The van der Waals surface area contributed by atoms with E-state index < -0.39 is 27.7 Å². The molecule has 0 radical (unpaired) electrons. The number of hydrogen-bond acceptors (Lipinski definition) is 7. The van der Waals surface area contributed by atoms with Gasteiger partial charge in [0.15, 0.2) is 9.84 Å². The molecule has 2 heterocycles. The first-order valence-corrected chi connectivity index (χ1v) is 7.66. The fraction of sp³-hybridized carbons (Fsp3) is 0.250. The lowest BCUT2D eigenvalue weighted by Gasteiger charge is -2.29. The summed E-state index contributed by atoms with van der Waals surface area (Å²) in [5.74, 6) is -2.26. The number of hydrogen-bond donors (Lipinski definition) is 3. The molecule has 9 heteroatoms. The number of aromatic nitrogens is 1. The van der Waals surface area contributed by atoms with Crippen LogP contribution in [0.4, 0.5) is 0 Å². The van der Waals surface area contributed by atoms with Gasteiger partial charge in [-0.3, -0.25) is 4.79 Å². The first-order chi connectivity index (χ1) is 9.83. The third-order valence-electron chi connectivity index (χ3n) is 3.38. The normalized spacial score (nSPS) is 23.1. The number of pyridine rings is 1. The fourth-order valence-corrected chi connectivity index (χ4v) is 3.95. The van der Waals surface area contributed by atoms with Crippen molar-refractivity contribution in [3.8, 4) is 0 Å². The van der Waals surface area contributed by atoms with E-state index in [0.29, 0.717) is 0 Å². The van der Waals surface area contributed by atoms with Crippen molar-refractivity contribution in [1.82, 2.24) is 10.3 Å². The van der Waals surface area contributed by atoms with Crippen molar-refractivity contribution >= 4 is 21.6 Å². The zero-order chi connectivity index (χ0) is 15.4. The van der Waals surface area contributed by atoms with Gasteiger partial charge in [-0.25, -0.2) is 18.2 Å². The van der Waals surface area contributed by atoms with Crippen molar-refractivity contribution in [1.29, 1.82) is 0 Å². The molecule has 0 bridgehead atoms. The topological polar surface area (TPSA) is 134 Å². The van der Waals surface area contributed by atoms with E-state index in [0.717, 1.165) is 6.07 Å². The van der Waals surface area contributed by atoms with Gasteiger partial charge in [0.2, 0.25) is 5.78 Å². The maximum atomic E-state index is 12.3. The molecule has 0 spiro atoms. The van der Waals surface area contributed by atoms with Crippen molar-refractivity contribution < 1.29 is 28.2 Å². The Morgan fingerprint density at radius 1 is 1.38 bits per heavy atom. The summed E-state index contributed by atoms with van der Waals surface area (Å²) in [5, 5.41) is 21.8. The second kappa shape index (κ2) is 4.37. The van der Waals surface area contributed by atoms with E-state index in [1.165, 1.54) is 6.07 Å². The second-order valence-electron chi connectivity index (χ2n) is 4.66. The molecule has 1 unspecified atom stereocenters. The lowest BCUT2D eigenvalue weighted by atomic mass is 9.95. The molecule has 1 atom stereocenters. The van der Waals surface area contributed by atoms with E-state index in [-0.39, 0.29) is 39.9 Å². The number of carbonyl (C=O) groups excluding carboxylic acids is 1. The Labute approximate surface area is 119 Å². The lowest BCUT2D eigenvalue weighted by Crippen LogP contribution is -2.40. The van der Waals surface area contributed by atoms with Crippen molar-refractivity contribution in [2.24, 2.45) is 0 Å². The van der Waals surface area contributed by atoms with Gasteiger partial charge in [0.05, 0.1) is 5.75 Å². The number of carboxylic acid groups (broad SMARTS) is 1. The average Bonchev–Trinajstić information content (AvgIpc) is 2.43. The minimum absolute atomic E-state index is 0.00368. The van der Waals surface area contributed by atoms with Crippen LogP contribution in [-0.2, 0) is 9.84 Å². The second-order valence-corrected chi connectivity index (χ2v) is 6.73. The van der Waals surface area contributed by atoms with Gasteiger partial charge in [-0.15, -0.1) is 0 Å². The predicted octanol–water partition coefficient (Wildman–Crippen LogP) is -0.761. The number of fused-ring (bicyclic) bond motifs is 1. The highest BCUT2D eigenvalue weighted by Gasteiger charge is 2.42. The molecule has 110 valence electrons. The predicted molar refractivity (Wildman–Crippen MR) is 69.3 cm³/mol. The number of sulfone groups is 1. The molecule has 21 heavy (non-hydrogen) atoms. The maximum Gasteiger partial charge on any atom is 0.354 e. The van der Waals surface area contributed by atoms with Crippen molar-refractivity contribution in [3.63, 3.8) is 0 Å². The minimum Gasteiger partial charge on any atom is -0.477 e. The Balaban J connectivity index is 2.24. The van der Waals surface area contributed by atoms with Gasteiger partial charge in [0.1, 0.15) is 28.1 Å². The summed E-state index contributed by atoms with van der Waals surface area (Å²) in [7, 11) is -3.73. The van der Waals surface area contributed by atoms with Crippen LogP contribution in [0, 0.1) is 0 Å². The number of allylic oxidation sites excluding steroid dienone is 1. The number of aliphatic hydroxyl groups excluding tert-OH is 1. The Kier molecular flexibility index (Phi) is 2.85. The average molecular weight is 310 g/mol. The molecule has 1 aliphatic carbocycles. The van der Waals surface area contributed by atoms with Crippen molar-refractivity contribution in [2.45, 2.75) is 6.10 Å². The quantitative estimate of drug-likeness (QED) is 0.616. The molecule has 1 aliphatic heterocycles. The Hall–Kier alpha value is -2.26. The van der Waals surface area contributed by atoms with E-state index in [1.54, 1.807) is 0 Å². The highest BCUT2D eigenvalue weighted by molar-refractivity contribution is 7.95. The lowest BCUT2D eigenvalue weighted by molar-refractivity contribution is 0.0690. The molecule has 3 rings (SSSR count). The van der Waals surface area contributed by atoms with Crippen LogP contribution in [-0.4, -0.2) is 47.7 Å². The highest BCUT2D eigenvalue weighted by atomic mass is 32.2. The summed E-state index contributed by atoms with van der Waals surface area (Å²) in [4.78, 5) is 26.5. The van der Waals surface area contributed by atoms with E-state index in [9.17, 15) is 23.1 Å². The van der Waals surface area contributed by atoms with Gasteiger partial charge in [-0.2, -0.15) is 0 Å². The summed E-state index contributed by atoms with van der Waals surface area (Å²) in [6, 6.07) is 2.33. The summed E-state index contributed by atoms with van der Waals surface area (Å²) in [5.41, 5.74) is -0.824. The van der Waals surface area contributed by atoms with E-state index in [1.807, 2.05) is 0 Å². The minimum atomic E-state index is -3.73. The number of nitrogens with zero attached hydrogens (tertiary/aromatic N) is 1. The Bertz CT molecular complexity index is 811. The van der Waals surface area contributed by atoms with Gasteiger partial charge in [0, 0.05) is 12.1 Å². The van der Waals surface area contributed by atoms with Crippen LogP contribution in [0.3, 0.4) is 0 Å². The number of carbonyl (C=O) groups is 2. The van der Waals surface area contributed by atoms with Gasteiger partial charge >= 0.3 is 5.97 Å². The molecule has 1 aromatic heterocycles. The smallest absolute Gasteiger partial charge is 0.354 e. The number of aliphatic hydroxyl groups is 1. The number of aromatic carboxylic acids is 1. The summed E-state index contributed by atoms with van der Waals surface area (Å²) >= 11 is 0. The maximum absolute atomic E-state index is 12.3. The monoisotopic (exact) mass is 310 g/mol. The van der Waals surface area contributed by atoms with Crippen molar-refractivity contribution in [2.75, 3.05) is 12.3 Å². The number of Topliss-reactive ketones (excluding diaryl/α,β-unsaturated/α-hetero) is 1. The molecular weight excluding hydrogens is 300 g/mol. The molecule has 3 N–H and O–H groups in total. The SMILES string of the molecule is O=C(O)c1ccc2c(n1)C(=O)C1=C(C2O)S(=O)(=O)CCN1. The molecule has 0 fully saturated rings. The molecule has 0 aromatic carbocycles. The van der Waals surface area contributed by atoms with Crippen LogP contribution in [0.25, 0.3) is 0 Å². The van der Waals surface area contributed by atoms with Gasteiger partial charge in [-0.1, -0.05) is 6.07 Å². The summed E-state index contributed by atoms with van der Waals surface area (Å²) in [6.45, 7) is 0.0492. The molecule has 0 amide bonds. The molecule has 8 nitrogen and oxygen atoms in total. The zero-order valence-corrected chi connectivity index (χ0v) is 11.3. The van der Waals surface area contributed by atoms with E-state index >= 15 is 0 Å². The molecular formula is C12H10N2O6S. The Morgan fingerprint density at radius 3 is 2.76 bits per heavy atom. The largest absolute Gasteiger partial charge is 0.477 e. The number of ketones is 1. The zero-order valence-electron chi connectivity index (χ0n) is 10.5. The summed E-state index contributed by atoms with van der Waals surface area (Å²) < 4.78 is 24.1. The molecule has 0 saturated heterocycles. The molecule has 1 aromatic rings. The van der Waals surface area contributed by atoms with Crippen molar-refractivity contribution in [3.05, 3.63) is 39.7 Å². The molecule has 0 saturated carbocycles. The fourth-order valence-electron chi connectivity index (χ4n) is 2.41. The first kappa shape index (κ1) is 13.7. The Morgan fingerprint density at radius 2 is 2.10 bits per heavy atom. The summed E-state index contributed by atoms with van der Waals surface area (Å²) in [6.07, 6.45) is -1.53. The van der Waals surface area contributed by atoms with Crippen LogP contribution in [0.1, 0.15) is 32.6 Å². The van der Waals surface area contributed by atoms with Crippen LogP contribution >= 0.6 is 0 Å². The molecule has 2 aliphatic rings. The van der Waals surface area contributed by atoms with Crippen LogP contribution in [0.15, 0.2) is 22.7 Å². The third-order valence-corrected chi connectivity index (χ3v) is 5.22. The highest BCUT2D eigenvalue weighted by Crippen LogP contribution is 2.37. The number of rotatable bonds is 1. The van der Waals surface area contributed by atoms with Crippen LogP contribution in [0.5, 0.6) is 0 Å². The van der Waals surface area contributed by atoms with Crippen LogP contribution in [0.2, 0.25) is 0 Å². The van der Waals surface area contributed by atoms with Gasteiger partial charge < -0.3 is 15.5 Å². The number of carboxylic acids is 1.